The number of H-pyrrole nitrogens is 1. The number of halogens is 1. The molecule has 0 bridgehead atoms. The summed E-state index contributed by atoms with van der Waals surface area (Å²) >= 11 is 3.44. The van der Waals surface area contributed by atoms with Gasteiger partial charge in [-0.1, -0.05) is 18.2 Å². The van der Waals surface area contributed by atoms with Gasteiger partial charge in [0.25, 0.3) is 5.91 Å². The molecule has 0 unspecified atom stereocenters. The number of nitrogens with zero attached hydrogens (tertiary/aromatic N) is 2. The van der Waals surface area contributed by atoms with E-state index in [1.165, 1.54) is 10.9 Å². The maximum Gasteiger partial charge on any atom is 0.270 e. The molecule has 0 fully saturated rings. The first-order valence-corrected chi connectivity index (χ1v) is 8.90. The van der Waals surface area contributed by atoms with Crippen LogP contribution in [0.1, 0.15) is 21.7 Å². The number of aromatic nitrogens is 3. The summed E-state index contributed by atoms with van der Waals surface area (Å²) in [4.78, 5) is 20.4. The Morgan fingerprint density at radius 3 is 3.00 bits per heavy atom. The predicted molar refractivity (Wildman–Crippen MR) is 102 cm³/mol. The van der Waals surface area contributed by atoms with Gasteiger partial charge >= 0.3 is 0 Å². The van der Waals surface area contributed by atoms with Gasteiger partial charge in [0.15, 0.2) is 0 Å². The number of amides is 1. The molecular formula is C19H17BrN4O. The molecule has 0 aliphatic rings. The van der Waals surface area contributed by atoms with Crippen LogP contribution in [-0.2, 0) is 6.42 Å². The number of hydrogen-bond acceptors (Lipinski definition) is 2. The van der Waals surface area contributed by atoms with Gasteiger partial charge in [0, 0.05) is 34.3 Å². The molecule has 0 radical (unpaired) electrons. The highest BCUT2D eigenvalue weighted by molar-refractivity contribution is 9.10. The van der Waals surface area contributed by atoms with E-state index in [9.17, 15) is 4.79 Å². The van der Waals surface area contributed by atoms with Crippen molar-refractivity contribution in [1.82, 2.24) is 19.7 Å². The minimum atomic E-state index is -0.108. The van der Waals surface area contributed by atoms with E-state index in [2.05, 4.69) is 43.3 Å². The summed E-state index contributed by atoms with van der Waals surface area (Å²) in [5.41, 5.74) is 4.39. The zero-order valence-electron chi connectivity index (χ0n) is 13.7. The largest absolute Gasteiger partial charge is 0.361 e. The highest BCUT2D eigenvalue weighted by atomic mass is 79.9. The summed E-state index contributed by atoms with van der Waals surface area (Å²) in [6, 6.07) is 12.0. The molecule has 6 heteroatoms. The van der Waals surface area contributed by atoms with Gasteiger partial charge in [0.05, 0.1) is 5.69 Å². The molecule has 3 aromatic heterocycles. The van der Waals surface area contributed by atoms with Crippen LogP contribution in [0.25, 0.3) is 16.6 Å². The number of rotatable bonds is 4. The predicted octanol–water partition coefficient (Wildman–Crippen LogP) is 3.86. The van der Waals surface area contributed by atoms with Crippen LogP contribution < -0.4 is 5.32 Å². The van der Waals surface area contributed by atoms with Gasteiger partial charge in [-0.25, -0.2) is 4.98 Å². The Balaban J connectivity index is 1.51. The topological polar surface area (TPSA) is 62.2 Å². The summed E-state index contributed by atoms with van der Waals surface area (Å²) in [6.07, 6.45) is 4.65. The first-order chi connectivity index (χ1) is 12.1. The van der Waals surface area contributed by atoms with Crippen molar-refractivity contribution < 1.29 is 4.79 Å². The van der Waals surface area contributed by atoms with Gasteiger partial charge < -0.3 is 10.3 Å². The van der Waals surface area contributed by atoms with Crippen molar-refractivity contribution in [3.8, 4) is 0 Å². The summed E-state index contributed by atoms with van der Waals surface area (Å²) in [7, 11) is 0. The lowest BCUT2D eigenvalue weighted by atomic mass is 10.1. The van der Waals surface area contributed by atoms with Gasteiger partial charge in [-0.05, 0) is 53.0 Å². The summed E-state index contributed by atoms with van der Waals surface area (Å²) in [6.45, 7) is 2.43. The molecule has 0 saturated carbocycles. The van der Waals surface area contributed by atoms with Crippen molar-refractivity contribution in [2.45, 2.75) is 13.3 Å². The maximum absolute atomic E-state index is 12.6. The van der Waals surface area contributed by atoms with E-state index in [0.29, 0.717) is 12.2 Å². The van der Waals surface area contributed by atoms with E-state index in [-0.39, 0.29) is 5.91 Å². The Labute approximate surface area is 153 Å². The highest BCUT2D eigenvalue weighted by Gasteiger charge is 2.16. The molecule has 0 aliphatic carbocycles. The fourth-order valence-corrected chi connectivity index (χ4v) is 3.48. The molecule has 25 heavy (non-hydrogen) atoms. The lowest BCUT2D eigenvalue weighted by molar-refractivity contribution is 0.0947. The Hall–Kier alpha value is -2.60. The standard InChI is InChI=1S/C19H17BrN4O/c1-12-18(24-11-14(20)6-7-17(24)23-12)19(25)21-9-8-13-10-22-16-5-3-2-4-15(13)16/h2-7,10-11,22H,8-9H2,1H3,(H,21,25). The van der Waals surface area contributed by atoms with Crippen molar-refractivity contribution in [2.24, 2.45) is 0 Å². The van der Waals surface area contributed by atoms with E-state index >= 15 is 0 Å². The van der Waals surface area contributed by atoms with Crippen molar-refractivity contribution in [3.05, 3.63) is 70.2 Å². The number of pyridine rings is 1. The zero-order valence-corrected chi connectivity index (χ0v) is 15.3. The van der Waals surface area contributed by atoms with Crippen LogP contribution in [0.4, 0.5) is 0 Å². The molecule has 4 rings (SSSR count). The third kappa shape index (κ3) is 2.93. The average molecular weight is 397 g/mol. The second-order valence-electron chi connectivity index (χ2n) is 5.99. The van der Waals surface area contributed by atoms with Gasteiger partial charge in [0.2, 0.25) is 0 Å². The minimum Gasteiger partial charge on any atom is -0.361 e. The van der Waals surface area contributed by atoms with Gasteiger partial charge in [-0.3, -0.25) is 9.20 Å². The van der Waals surface area contributed by atoms with Crippen LogP contribution in [0.3, 0.4) is 0 Å². The Morgan fingerprint density at radius 2 is 2.12 bits per heavy atom. The number of aryl methyl sites for hydroxylation is 1. The van der Waals surface area contributed by atoms with E-state index in [1.54, 1.807) is 0 Å². The second kappa shape index (κ2) is 6.37. The number of aromatic amines is 1. The molecule has 1 amide bonds. The molecule has 0 atom stereocenters. The monoisotopic (exact) mass is 396 g/mol. The van der Waals surface area contributed by atoms with Crippen LogP contribution >= 0.6 is 15.9 Å². The van der Waals surface area contributed by atoms with E-state index in [0.717, 1.165) is 27.8 Å². The molecule has 5 nitrogen and oxygen atoms in total. The smallest absolute Gasteiger partial charge is 0.270 e. The van der Waals surface area contributed by atoms with Crippen molar-refractivity contribution >= 4 is 38.4 Å². The average Bonchev–Trinajstić information content (AvgIpc) is 3.15. The lowest BCUT2D eigenvalue weighted by Crippen LogP contribution is -2.27. The summed E-state index contributed by atoms with van der Waals surface area (Å²) in [5, 5.41) is 4.21. The molecule has 0 aliphatic heterocycles. The Morgan fingerprint density at radius 1 is 1.28 bits per heavy atom. The van der Waals surface area contributed by atoms with Crippen LogP contribution in [0.2, 0.25) is 0 Å². The number of carbonyl (C=O) groups is 1. The highest BCUT2D eigenvalue weighted by Crippen LogP contribution is 2.18. The number of fused-ring (bicyclic) bond motifs is 2. The van der Waals surface area contributed by atoms with Crippen LogP contribution in [-0.4, -0.2) is 26.8 Å². The maximum atomic E-state index is 12.6. The van der Waals surface area contributed by atoms with Crippen molar-refractivity contribution in [2.75, 3.05) is 6.54 Å². The van der Waals surface area contributed by atoms with E-state index in [1.807, 2.05) is 48.0 Å². The first-order valence-electron chi connectivity index (χ1n) is 8.11. The van der Waals surface area contributed by atoms with Crippen molar-refractivity contribution in [1.29, 1.82) is 0 Å². The number of benzene rings is 1. The Kier molecular flexibility index (Phi) is 4.05. The van der Waals surface area contributed by atoms with Crippen molar-refractivity contribution in [3.63, 3.8) is 0 Å². The van der Waals surface area contributed by atoms with E-state index in [4.69, 9.17) is 0 Å². The fraction of sp³-hybridized carbons (Fsp3) is 0.158. The van der Waals surface area contributed by atoms with Crippen LogP contribution in [0.5, 0.6) is 0 Å². The summed E-state index contributed by atoms with van der Waals surface area (Å²) < 4.78 is 2.73. The molecule has 3 heterocycles. The van der Waals surface area contributed by atoms with Gasteiger partial charge in [-0.15, -0.1) is 0 Å². The third-order valence-electron chi connectivity index (χ3n) is 4.33. The minimum absolute atomic E-state index is 0.108. The molecule has 126 valence electrons. The van der Waals surface area contributed by atoms with Gasteiger partial charge in [-0.2, -0.15) is 0 Å². The molecular weight excluding hydrogens is 380 g/mol. The quantitative estimate of drug-likeness (QED) is 0.550. The number of para-hydroxylation sites is 1. The number of carbonyl (C=O) groups excluding carboxylic acids is 1. The summed E-state index contributed by atoms with van der Waals surface area (Å²) in [5.74, 6) is -0.108. The lowest BCUT2D eigenvalue weighted by Gasteiger charge is -2.06. The number of imidazole rings is 1. The molecule has 0 spiro atoms. The molecule has 1 aromatic carbocycles. The third-order valence-corrected chi connectivity index (χ3v) is 4.80. The van der Waals surface area contributed by atoms with E-state index < -0.39 is 0 Å². The van der Waals surface area contributed by atoms with Crippen LogP contribution in [0, 0.1) is 6.92 Å². The first kappa shape index (κ1) is 15.9. The number of hydrogen-bond donors (Lipinski definition) is 2. The van der Waals surface area contributed by atoms with Gasteiger partial charge in [0.1, 0.15) is 11.3 Å². The molecule has 4 aromatic rings. The molecule has 2 N–H and O–H groups in total. The normalized spacial score (nSPS) is 11.3. The fourth-order valence-electron chi connectivity index (χ4n) is 3.14. The Bertz CT molecular complexity index is 1080. The SMILES string of the molecule is Cc1nc2ccc(Br)cn2c1C(=O)NCCc1c[nH]c2ccccc12. The number of nitrogens with one attached hydrogen (secondary N) is 2. The second-order valence-corrected chi connectivity index (χ2v) is 6.90. The van der Waals surface area contributed by atoms with Crippen LogP contribution in [0.15, 0.2) is 53.3 Å². The molecule has 0 saturated heterocycles. The zero-order chi connectivity index (χ0) is 17.4.